The Morgan fingerprint density at radius 1 is 0.941 bits per heavy atom. The summed E-state index contributed by atoms with van der Waals surface area (Å²) in [5.74, 6) is -1.26. The van der Waals surface area contributed by atoms with Gasteiger partial charge in [0.2, 0.25) is 5.91 Å². The van der Waals surface area contributed by atoms with Gasteiger partial charge in [-0.1, -0.05) is 55.0 Å². The van der Waals surface area contributed by atoms with E-state index in [1.165, 1.54) is 11.1 Å². The van der Waals surface area contributed by atoms with Gasteiger partial charge in [0.25, 0.3) is 0 Å². The minimum atomic E-state index is -1.12. The summed E-state index contributed by atoms with van der Waals surface area (Å²) in [6.07, 6.45) is 3.98. The molecule has 7 nitrogen and oxygen atoms in total. The number of hydrogen-bond donors (Lipinski definition) is 3. The summed E-state index contributed by atoms with van der Waals surface area (Å²) in [6.45, 7) is 0.386. The largest absolute Gasteiger partial charge is 0.480 e. The Morgan fingerprint density at radius 3 is 2.06 bits per heavy atom. The van der Waals surface area contributed by atoms with Gasteiger partial charge >= 0.3 is 12.1 Å². The lowest BCUT2D eigenvalue weighted by atomic mass is 9.74. The van der Waals surface area contributed by atoms with Crippen LogP contribution in [0, 0.1) is 10.8 Å². The molecule has 0 aliphatic heterocycles. The summed E-state index contributed by atoms with van der Waals surface area (Å²) < 4.78 is 5.64. The van der Waals surface area contributed by atoms with Gasteiger partial charge in [0, 0.05) is 12.5 Å². The van der Waals surface area contributed by atoms with Gasteiger partial charge in [-0.05, 0) is 59.8 Å². The quantitative estimate of drug-likeness (QED) is 0.583. The van der Waals surface area contributed by atoms with Crippen LogP contribution < -0.4 is 10.6 Å². The zero-order valence-electron chi connectivity index (χ0n) is 18.9. The first-order chi connectivity index (χ1) is 16.4. The van der Waals surface area contributed by atoms with E-state index in [4.69, 9.17) is 4.74 Å². The van der Waals surface area contributed by atoms with Gasteiger partial charge < -0.3 is 20.5 Å². The Labute approximate surface area is 197 Å². The third kappa shape index (κ3) is 3.06. The molecule has 1 atom stereocenters. The molecule has 2 aromatic carbocycles. The summed E-state index contributed by atoms with van der Waals surface area (Å²) in [6, 6.07) is 16.3. The van der Waals surface area contributed by atoms with Crippen molar-refractivity contribution in [3.05, 3.63) is 59.7 Å². The molecule has 176 valence electrons. The molecule has 1 spiro atoms. The maximum atomic E-state index is 13.2. The molecule has 3 saturated carbocycles. The molecule has 0 aromatic heterocycles. The van der Waals surface area contributed by atoms with Crippen LogP contribution in [0.3, 0.4) is 0 Å². The summed E-state index contributed by atoms with van der Waals surface area (Å²) in [7, 11) is 0. The number of carboxylic acids is 1. The van der Waals surface area contributed by atoms with E-state index in [0.29, 0.717) is 19.3 Å². The van der Waals surface area contributed by atoms with Crippen LogP contribution in [0.2, 0.25) is 0 Å². The lowest BCUT2D eigenvalue weighted by Gasteiger charge is -2.33. The lowest BCUT2D eigenvalue weighted by Crippen LogP contribution is -2.51. The molecule has 3 N–H and O–H groups in total. The van der Waals surface area contributed by atoms with E-state index < -0.39 is 23.0 Å². The fourth-order valence-electron chi connectivity index (χ4n) is 6.17. The first kappa shape index (κ1) is 21.2. The van der Waals surface area contributed by atoms with Gasteiger partial charge in [0.05, 0.1) is 5.41 Å². The first-order valence-corrected chi connectivity index (χ1v) is 12.0. The van der Waals surface area contributed by atoms with Gasteiger partial charge in [-0.2, -0.15) is 0 Å². The smallest absolute Gasteiger partial charge is 0.407 e. The molecule has 2 amide bonds. The van der Waals surface area contributed by atoms with E-state index in [1.807, 2.05) is 24.3 Å². The standard InChI is InChI=1S/C27H28N2O5/c30-22(29-27(12-13-27)23(31)32)26(15-25(26)10-5-11-25)16-28-24(33)34-14-21-19-8-3-1-6-17(19)18-7-2-4-9-20(18)21/h1-4,6-9,21H,5,10-16H2,(H,28,33)(H,29,30)(H,31,32). The summed E-state index contributed by atoms with van der Waals surface area (Å²) in [5.41, 5.74) is 2.66. The van der Waals surface area contributed by atoms with E-state index in [-0.39, 0.29) is 30.4 Å². The zero-order valence-corrected chi connectivity index (χ0v) is 18.9. The van der Waals surface area contributed by atoms with Crippen molar-refractivity contribution in [1.29, 1.82) is 0 Å². The number of carbonyl (C=O) groups is 3. The van der Waals surface area contributed by atoms with Crippen LogP contribution >= 0.6 is 0 Å². The molecule has 0 saturated heterocycles. The summed E-state index contributed by atoms with van der Waals surface area (Å²) >= 11 is 0. The lowest BCUT2D eigenvalue weighted by molar-refractivity contribution is -0.144. The topological polar surface area (TPSA) is 105 Å². The normalized spacial score (nSPS) is 24.4. The van der Waals surface area contributed by atoms with Crippen LogP contribution in [-0.4, -0.2) is 41.8 Å². The van der Waals surface area contributed by atoms with Crippen molar-refractivity contribution in [3.8, 4) is 11.1 Å². The number of ether oxygens (including phenoxy) is 1. The highest BCUT2D eigenvalue weighted by atomic mass is 16.5. The number of amides is 2. The first-order valence-electron chi connectivity index (χ1n) is 12.0. The van der Waals surface area contributed by atoms with Gasteiger partial charge in [-0.15, -0.1) is 0 Å². The predicted octanol–water partition coefficient (Wildman–Crippen LogP) is 3.82. The molecule has 4 aliphatic carbocycles. The molecule has 7 heteroatoms. The highest BCUT2D eigenvalue weighted by Gasteiger charge is 2.74. The van der Waals surface area contributed by atoms with E-state index >= 15 is 0 Å². The number of alkyl carbamates (subject to hydrolysis) is 1. The Balaban J connectivity index is 1.11. The van der Waals surface area contributed by atoms with Crippen molar-refractivity contribution in [2.24, 2.45) is 10.8 Å². The van der Waals surface area contributed by atoms with Crippen molar-refractivity contribution in [2.75, 3.05) is 13.2 Å². The van der Waals surface area contributed by atoms with Gasteiger partial charge in [-0.3, -0.25) is 4.79 Å². The Kier molecular flexibility index (Phi) is 4.57. The van der Waals surface area contributed by atoms with Crippen LogP contribution in [0.1, 0.15) is 55.6 Å². The predicted molar refractivity (Wildman–Crippen MR) is 124 cm³/mol. The molecule has 34 heavy (non-hydrogen) atoms. The molecular weight excluding hydrogens is 432 g/mol. The minimum absolute atomic E-state index is 0.0281. The van der Waals surface area contributed by atoms with Crippen LogP contribution in [0.4, 0.5) is 4.79 Å². The van der Waals surface area contributed by atoms with Crippen LogP contribution in [0.5, 0.6) is 0 Å². The molecular formula is C27H28N2O5. The summed E-state index contributed by atoms with van der Waals surface area (Å²) in [4.78, 5) is 37.4. The highest BCUT2D eigenvalue weighted by Crippen LogP contribution is 2.74. The molecule has 0 bridgehead atoms. The highest BCUT2D eigenvalue weighted by molar-refractivity contribution is 5.94. The van der Waals surface area contributed by atoms with Gasteiger partial charge in [-0.25, -0.2) is 9.59 Å². The minimum Gasteiger partial charge on any atom is -0.480 e. The number of benzene rings is 2. The molecule has 1 unspecified atom stereocenters. The second-order valence-corrected chi connectivity index (χ2v) is 10.4. The summed E-state index contributed by atoms with van der Waals surface area (Å²) in [5, 5.41) is 15.1. The SMILES string of the molecule is O=C(NCC1(C(=O)NC2(C(=O)O)CC2)CC12CCC2)OCC1c2ccccc2-c2ccccc21. The number of nitrogens with one attached hydrogen (secondary N) is 2. The third-order valence-corrected chi connectivity index (χ3v) is 8.67. The number of carboxylic acid groups (broad SMARTS) is 1. The van der Waals surface area contributed by atoms with Crippen LogP contribution in [0.15, 0.2) is 48.5 Å². The van der Waals surface area contributed by atoms with E-state index in [2.05, 4.69) is 34.9 Å². The monoisotopic (exact) mass is 460 g/mol. The average molecular weight is 461 g/mol. The number of aliphatic carboxylic acids is 1. The van der Waals surface area contributed by atoms with Crippen molar-refractivity contribution in [3.63, 3.8) is 0 Å². The Bertz CT molecular complexity index is 1150. The maximum absolute atomic E-state index is 13.2. The third-order valence-electron chi connectivity index (χ3n) is 8.67. The number of rotatable bonds is 7. The van der Waals surface area contributed by atoms with E-state index in [0.717, 1.165) is 30.4 Å². The molecule has 4 aliphatic rings. The van der Waals surface area contributed by atoms with Gasteiger partial charge in [0.15, 0.2) is 0 Å². The van der Waals surface area contributed by atoms with E-state index in [1.54, 1.807) is 0 Å². The number of carbonyl (C=O) groups excluding carboxylic acids is 2. The van der Waals surface area contributed by atoms with Crippen LogP contribution in [-0.2, 0) is 14.3 Å². The second kappa shape index (κ2) is 7.32. The molecule has 0 radical (unpaired) electrons. The average Bonchev–Trinajstić information content (AvgIpc) is 3.71. The van der Waals surface area contributed by atoms with Crippen molar-refractivity contribution >= 4 is 18.0 Å². The Morgan fingerprint density at radius 2 is 1.56 bits per heavy atom. The Hall–Kier alpha value is -3.35. The molecule has 2 aromatic rings. The molecule has 6 rings (SSSR count). The fourth-order valence-corrected chi connectivity index (χ4v) is 6.17. The molecule has 0 heterocycles. The zero-order chi connectivity index (χ0) is 23.6. The van der Waals surface area contributed by atoms with Crippen LogP contribution in [0.25, 0.3) is 11.1 Å². The molecule has 3 fully saturated rings. The van der Waals surface area contributed by atoms with Gasteiger partial charge in [0.1, 0.15) is 12.1 Å². The van der Waals surface area contributed by atoms with E-state index in [9.17, 15) is 19.5 Å². The second-order valence-electron chi connectivity index (χ2n) is 10.4. The van der Waals surface area contributed by atoms with Crippen molar-refractivity contribution < 1.29 is 24.2 Å². The number of fused-ring (bicyclic) bond motifs is 3. The van der Waals surface area contributed by atoms with Crippen molar-refractivity contribution in [2.45, 2.75) is 50.0 Å². The van der Waals surface area contributed by atoms with Crippen molar-refractivity contribution in [1.82, 2.24) is 10.6 Å². The number of hydrogen-bond acceptors (Lipinski definition) is 4. The fraction of sp³-hybridized carbons (Fsp3) is 0.444. The maximum Gasteiger partial charge on any atom is 0.407 e.